The molecule has 1 heterocycles. The number of hydrogen-bond donors (Lipinski definition) is 0. The molecule has 25 heavy (non-hydrogen) atoms. The summed E-state index contributed by atoms with van der Waals surface area (Å²) in [5.41, 5.74) is 4.14. The normalized spacial score (nSPS) is 11.4. The predicted octanol–water partition coefficient (Wildman–Crippen LogP) is 5.16. The fourth-order valence-corrected chi connectivity index (χ4v) is 3.09. The predicted molar refractivity (Wildman–Crippen MR) is 99.7 cm³/mol. The van der Waals surface area contributed by atoms with Crippen molar-refractivity contribution in [2.75, 3.05) is 13.1 Å². The van der Waals surface area contributed by atoms with Crippen LogP contribution in [0, 0.1) is 17.0 Å². The number of nitro groups is 1. The van der Waals surface area contributed by atoms with Gasteiger partial charge in [0.25, 0.3) is 0 Å². The molecule has 3 rings (SSSR count). The van der Waals surface area contributed by atoms with Gasteiger partial charge in [-0.1, -0.05) is 49.7 Å². The molecule has 0 saturated heterocycles. The highest BCUT2D eigenvalue weighted by Gasteiger charge is 2.25. The molecule has 0 atom stereocenters. The van der Waals surface area contributed by atoms with E-state index in [1.165, 1.54) is 5.56 Å². The van der Waals surface area contributed by atoms with E-state index in [4.69, 9.17) is 4.42 Å². The second-order valence-electron chi connectivity index (χ2n) is 6.20. The molecule has 0 aliphatic rings. The Labute approximate surface area is 147 Å². The number of aryl methyl sites for hydroxylation is 1. The largest absolute Gasteiger partial charge is 0.442 e. The van der Waals surface area contributed by atoms with Crippen LogP contribution in [0.25, 0.3) is 22.1 Å². The molecule has 0 saturated carbocycles. The minimum absolute atomic E-state index is 0.197. The Morgan fingerprint density at radius 2 is 1.76 bits per heavy atom. The highest BCUT2D eigenvalue weighted by atomic mass is 16.6. The van der Waals surface area contributed by atoms with Gasteiger partial charge in [-0.2, -0.15) is 0 Å². The van der Waals surface area contributed by atoms with Crippen molar-refractivity contribution in [3.63, 3.8) is 0 Å². The van der Waals surface area contributed by atoms with Crippen LogP contribution in [0.2, 0.25) is 0 Å². The van der Waals surface area contributed by atoms with Crippen LogP contribution in [0.15, 0.2) is 46.9 Å². The summed E-state index contributed by atoms with van der Waals surface area (Å²) in [4.78, 5) is 13.3. The Morgan fingerprint density at radius 1 is 1.08 bits per heavy atom. The molecule has 0 fully saturated rings. The van der Waals surface area contributed by atoms with Gasteiger partial charge in [0.15, 0.2) is 0 Å². The standard InChI is InChI=1S/C20H22N2O3/c1-4-21(5-2)13-15-7-9-16(10-8-15)19-17-12-14(3)6-11-18(17)25-20(19)22(23)24/h6-12H,4-5,13H2,1-3H3. The van der Waals surface area contributed by atoms with Gasteiger partial charge in [-0.05, 0) is 43.3 Å². The van der Waals surface area contributed by atoms with Crippen LogP contribution in [-0.2, 0) is 6.54 Å². The molecule has 0 unspecified atom stereocenters. The quantitative estimate of drug-likeness (QED) is 0.460. The third-order valence-corrected chi connectivity index (χ3v) is 4.53. The molecule has 2 aromatic carbocycles. The molecule has 5 nitrogen and oxygen atoms in total. The van der Waals surface area contributed by atoms with Gasteiger partial charge in [0.05, 0.1) is 0 Å². The lowest BCUT2D eigenvalue weighted by molar-refractivity contribution is -0.400. The van der Waals surface area contributed by atoms with Crippen molar-refractivity contribution in [3.05, 3.63) is 63.7 Å². The summed E-state index contributed by atoms with van der Waals surface area (Å²) < 4.78 is 5.49. The Kier molecular flexibility index (Phi) is 4.86. The van der Waals surface area contributed by atoms with Crippen molar-refractivity contribution in [2.45, 2.75) is 27.3 Å². The number of fused-ring (bicyclic) bond motifs is 1. The fourth-order valence-electron chi connectivity index (χ4n) is 3.09. The number of benzene rings is 2. The van der Waals surface area contributed by atoms with Crippen molar-refractivity contribution in [1.29, 1.82) is 0 Å². The van der Waals surface area contributed by atoms with Gasteiger partial charge in [0.1, 0.15) is 16.1 Å². The smallest absolute Gasteiger partial charge is 0.400 e. The highest BCUT2D eigenvalue weighted by Crippen LogP contribution is 2.40. The van der Waals surface area contributed by atoms with Crippen LogP contribution in [0.1, 0.15) is 25.0 Å². The number of rotatable bonds is 6. The summed E-state index contributed by atoms with van der Waals surface area (Å²) >= 11 is 0. The first-order valence-electron chi connectivity index (χ1n) is 8.52. The molecule has 0 spiro atoms. The van der Waals surface area contributed by atoms with E-state index in [2.05, 4.69) is 18.7 Å². The second kappa shape index (κ2) is 7.07. The Balaban J connectivity index is 2.05. The molecule has 0 N–H and O–H groups in total. The lowest BCUT2D eigenvalue weighted by Gasteiger charge is -2.17. The molecule has 0 amide bonds. The number of hydrogen-bond acceptors (Lipinski definition) is 4. The first-order chi connectivity index (χ1) is 12.0. The minimum atomic E-state index is -0.450. The molecule has 0 bridgehead atoms. The zero-order chi connectivity index (χ0) is 18.0. The zero-order valence-electron chi connectivity index (χ0n) is 14.8. The van der Waals surface area contributed by atoms with E-state index in [1.54, 1.807) is 6.07 Å². The molecule has 3 aromatic rings. The first kappa shape index (κ1) is 17.2. The maximum absolute atomic E-state index is 11.4. The van der Waals surface area contributed by atoms with Crippen LogP contribution in [-0.4, -0.2) is 22.9 Å². The summed E-state index contributed by atoms with van der Waals surface area (Å²) in [5, 5.41) is 12.2. The zero-order valence-corrected chi connectivity index (χ0v) is 14.8. The molecule has 0 aliphatic heterocycles. The summed E-state index contributed by atoms with van der Waals surface area (Å²) in [6.07, 6.45) is 0. The molecular weight excluding hydrogens is 316 g/mol. The maximum atomic E-state index is 11.4. The molecule has 5 heteroatoms. The van der Waals surface area contributed by atoms with Gasteiger partial charge in [-0.3, -0.25) is 15.0 Å². The summed E-state index contributed by atoms with van der Waals surface area (Å²) in [6.45, 7) is 9.11. The topological polar surface area (TPSA) is 59.5 Å². The van der Waals surface area contributed by atoms with E-state index in [0.717, 1.165) is 36.1 Å². The molecule has 130 valence electrons. The Bertz CT molecular complexity index is 893. The van der Waals surface area contributed by atoms with Gasteiger partial charge in [0.2, 0.25) is 0 Å². The third kappa shape index (κ3) is 3.42. The first-order valence-corrected chi connectivity index (χ1v) is 8.52. The van der Waals surface area contributed by atoms with E-state index < -0.39 is 4.92 Å². The fraction of sp³-hybridized carbons (Fsp3) is 0.300. The highest BCUT2D eigenvalue weighted by molar-refractivity contribution is 5.98. The van der Waals surface area contributed by atoms with Crippen LogP contribution in [0.4, 0.5) is 5.88 Å². The van der Waals surface area contributed by atoms with E-state index in [0.29, 0.717) is 11.1 Å². The van der Waals surface area contributed by atoms with E-state index in [-0.39, 0.29) is 5.88 Å². The van der Waals surface area contributed by atoms with Crippen molar-refractivity contribution >= 4 is 16.9 Å². The van der Waals surface area contributed by atoms with Crippen LogP contribution < -0.4 is 0 Å². The van der Waals surface area contributed by atoms with Crippen molar-refractivity contribution in [2.24, 2.45) is 0 Å². The Hall–Kier alpha value is -2.66. The van der Waals surface area contributed by atoms with E-state index >= 15 is 0 Å². The molecule has 0 aliphatic carbocycles. The lowest BCUT2D eigenvalue weighted by Crippen LogP contribution is -2.21. The SMILES string of the molecule is CCN(CC)Cc1ccc(-c2c([N+](=O)[O-])oc3ccc(C)cc23)cc1. The molecule has 1 aromatic heterocycles. The maximum Gasteiger partial charge on any atom is 0.442 e. The number of furan rings is 1. The average Bonchev–Trinajstić information content (AvgIpc) is 2.99. The van der Waals surface area contributed by atoms with Gasteiger partial charge in [-0.15, -0.1) is 0 Å². The van der Waals surface area contributed by atoms with E-state index in [9.17, 15) is 10.1 Å². The van der Waals surface area contributed by atoms with Gasteiger partial charge >= 0.3 is 5.88 Å². The summed E-state index contributed by atoms with van der Waals surface area (Å²) in [7, 11) is 0. The van der Waals surface area contributed by atoms with Gasteiger partial charge < -0.3 is 4.42 Å². The van der Waals surface area contributed by atoms with Crippen molar-refractivity contribution < 1.29 is 9.34 Å². The second-order valence-corrected chi connectivity index (χ2v) is 6.20. The van der Waals surface area contributed by atoms with Crippen LogP contribution in [0.3, 0.4) is 0 Å². The van der Waals surface area contributed by atoms with Crippen molar-refractivity contribution in [3.8, 4) is 11.1 Å². The summed E-state index contributed by atoms with van der Waals surface area (Å²) in [6, 6.07) is 13.6. The van der Waals surface area contributed by atoms with Crippen LogP contribution >= 0.6 is 0 Å². The summed E-state index contributed by atoms with van der Waals surface area (Å²) in [5.74, 6) is -0.197. The minimum Gasteiger partial charge on any atom is -0.400 e. The monoisotopic (exact) mass is 338 g/mol. The average molecular weight is 338 g/mol. The number of nitrogens with zero attached hydrogens (tertiary/aromatic N) is 2. The van der Waals surface area contributed by atoms with Crippen molar-refractivity contribution in [1.82, 2.24) is 4.90 Å². The Morgan fingerprint density at radius 3 is 2.36 bits per heavy atom. The lowest BCUT2D eigenvalue weighted by atomic mass is 10.0. The molecular formula is C20H22N2O3. The molecule has 0 radical (unpaired) electrons. The van der Waals surface area contributed by atoms with Gasteiger partial charge in [0, 0.05) is 11.9 Å². The third-order valence-electron chi connectivity index (χ3n) is 4.53. The van der Waals surface area contributed by atoms with E-state index in [1.807, 2.05) is 43.3 Å². The van der Waals surface area contributed by atoms with Crippen LogP contribution in [0.5, 0.6) is 0 Å². The van der Waals surface area contributed by atoms with Gasteiger partial charge in [-0.25, -0.2) is 0 Å².